The lowest BCUT2D eigenvalue weighted by Crippen LogP contribution is -2.24. The maximum absolute atomic E-state index is 6.17. The SMILES string of the molecule is Cl.Clc1ccc2[nH]c3c(c2c1)CCCC3NCc1ccccc1. The Labute approximate surface area is 147 Å². The zero-order chi connectivity index (χ0) is 14.9. The molecule has 2 nitrogen and oxygen atoms in total. The first kappa shape index (κ1) is 16.4. The maximum Gasteiger partial charge on any atom is 0.0478 e. The number of hydrogen-bond acceptors (Lipinski definition) is 1. The van der Waals surface area contributed by atoms with Gasteiger partial charge in [-0.1, -0.05) is 41.9 Å². The summed E-state index contributed by atoms with van der Waals surface area (Å²) in [5.41, 5.74) is 5.31. The molecule has 1 atom stereocenters. The molecular formula is C19H20Cl2N2. The second-order valence-corrected chi connectivity index (χ2v) is 6.45. The highest BCUT2D eigenvalue weighted by atomic mass is 35.5. The summed E-state index contributed by atoms with van der Waals surface area (Å²) in [4.78, 5) is 3.61. The van der Waals surface area contributed by atoms with Crippen LogP contribution in [0.4, 0.5) is 0 Å². The minimum atomic E-state index is 0. The largest absolute Gasteiger partial charge is 0.357 e. The van der Waals surface area contributed by atoms with Crippen LogP contribution in [0.1, 0.15) is 35.7 Å². The van der Waals surface area contributed by atoms with Gasteiger partial charge in [0.1, 0.15) is 0 Å². The average molecular weight is 347 g/mol. The Morgan fingerprint density at radius 2 is 1.96 bits per heavy atom. The smallest absolute Gasteiger partial charge is 0.0478 e. The van der Waals surface area contributed by atoms with Gasteiger partial charge < -0.3 is 10.3 Å². The highest BCUT2D eigenvalue weighted by Crippen LogP contribution is 2.35. The predicted octanol–water partition coefficient (Wildman–Crippen LogP) is 5.41. The molecule has 1 aliphatic carbocycles. The molecule has 0 bridgehead atoms. The number of benzene rings is 2. The van der Waals surface area contributed by atoms with E-state index in [1.165, 1.54) is 40.6 Å². The van der Waals surface area contributed by atoms with Crippen LogP contribution < -0.4 is 5.32 Å². The molecule has 0 aliphatic heterocycles. The molecule has 1 aliphatic rings. The third-order valence-corrected chi connectivity index (χ3v) is 4.80. The Morgan fingerprint density at radius 1 is 1.13 bits per heavy atom. The van der Waals surface area contributed by atoms with Crippen molar-refractivity contribution in [2.75, 3.05) is 0 Å². The zero-order valence-corrected chi connectivity index (χ0v) is 14.4. The molecule has 1 unspecified atom stereocenters. The van der Waals surface area contributed by atoms with Gasteiger partial charge in [0.15, 0.2) is 0 Å². The van der Waals surface area contributed by atoms with Crippen molar-refractivity contribution < 1.29 is 0 Å². The lowest BCUT2D eigenvalue weighted by molar-refractivity contribution is 0.452. The van der Waals surface area contributed by atoms with E-state index in [9.17, 15) is 0 Å². The second kappa shape index (κ2) is 6.96. The number of aryl methyl sites for hydroxylation is 1. The Balaban J connectivity index is 0.00000156. The Morgan fingerprint density at radius 3 is 2.78 bits per heavy atom. The molecule has 1 aromatic heterocycles. The molecule has 4 rings (SSSR count). The molecule has 0 saturated heterocycles. The number of H-pyrrole nitrogens is 1. The molecule has 4 heteroatoms. The Bertz CT molecular complexity index is 796. The quantitative estimate of drug-likeness (QED) is 0.651. The molecule has 23 heavy (non-hydrogen) atoms. The third kappa shape index (κ3) is 3.25. The van der Waals surface area contributed by atoms with Crippen LogP contribution in [0.15, 0.2) is 48.5 Å². The summed E-state index contributed by atoms with van der Waals surface area (Å²) in [6.45, 7) is 0.904. The van der Waals surface area contributed by atoms with Crippen molar-refractivity contribution in [3.63, 3.8) is 0 Å². The lowest BCUT2D eigenvalue weighted by Gasteiger charge is -2.24. The molecular weight excluding hydrogens is 327 g/mol. The van der Waals surface area contributed by atoms with Gasteiger partial charge in [-0.3, -0.25) is 0 Å². The van der Waals surface area contributed by atoms with Crippen LogP contribution in [-0.4, -0.2) is 4.98 Å². The topological polar surface area (TPSA) is 27.8 Å². The minimum absolute atomic E-state index is 0. The Hall–Kier alpha value is -1.48. The fourth-order valence-electron chi connectivity index (χ4n) is 3.48. The van der Waals surface area contributed by atoms with Crippen LogP contribution in [0.25, 0.3) is 10.9 Å². The number of aromatic nitrogens is 1. The number of halogens is 2. The first-order valence-corrected chi connectivity index (χ1v) is 8.26. The van der Waals surface area contributed by atoms with E-state index in [1.54, 1.807) is 0 Å². The van der Waals surface area contributed by atoms with E-state index >= 15 is 0 Å². The summed E-state index contributed by atoms with van der Waals surface area (Å²) in [7, 11) is 0. The van der Waals surface area contributed by atoms with Crippen LogP contribution in [0.2, 0.25) is 5.02 Å². The highest BCUT2D eigenvalue weighted by molar-refractivity contribution is 6.31. The number of nitrogens with one attached hydrogen (secondary N) is 2. The van der Waals surface area contributed by atoms with Crippen molar-refractivity contribution in [3.05, 3.63) is 70.4 Å². The fourth-order valence-corrected chi connectivity index (χ4v) is 3.65. The molecule has 0 radical (unpaired) electrons. The number of hydrogen-bond donors (Lipinski definition) is 2. The normalized spacial score (nSPS) is 16.8. The summed E-state index contributed by atoms with van der Waals surface area (Å²) in [6.07, 6.45) is 3.54. The molecule has 3 aromatic rings. The van der Waals surface area contributed by atoms with Crippen LogP contribution in [0.3, 0.4) is 0 Å². The van der Waals surface area contributed by atoms with Crippen molar-refractivity contribution in [1.82, 2.24) is 10.3 Å². The van der Waals surface area contributed by atoms with Crippen molar-refractivity contribution in [2.45, 2.75) is 31.8 Å². The summed E-state index contributed by atoms with van der Waals surface area (Å²) < 4.78 is 0. The maximum atomic E-state index is 6.17. The van der Waals surface area contributed by atoms with Crippen LogP contribution in [-0.2, 0) is 13.0 Å². The van der Waals surface area contributed by atoms with Gasteiger partial charge in [-0.2, -0.15) is 0 Å². The van der Waals surface area contributed by atoms with Crippen molar-refractivity contribution in [3.8, 4) is 0 Å². The summed E-state index contributed by atoms with van der Waals surface area (Å²) in [6, 6.07) is 17.1. The predicted molar refractivity (Wildman–Crippen MR) is 99.5 cm³/mol. The molecule has 120 valence electrons. The fraction of sp³-hybridized carbons (Fsp3) is 0.263. The minimum Gasteiger partial charge on any atom is -0.357 e. The summed E-state index contributed by atoms with van der Waals surface area (Å²) >= 11 is 6.17. The molecule has 2 N–H and O–H groups in total. The van der Waals surface area contributed by atoms with E-state index in [0.717, 1.165) is 18.0 Å². The Kier molecular flexibility index (Phi) is 4.96. The van der Waals surface area contributed by atoms with Gasteiger partial charge in [-0.05, 0) is 48.6 Å². The first-order chi connectivity index (χ1) is 10.8. The van der Waals surface area contributed by atoms with Gasteiger partial charge in [-0.15, -0.1) is 12.4 Å². The van der Waals surface area contributed by atoms with Gasteiger partial charge in [0.25, 0.3) is 0 Å². The highest BCUT2D eigenvalue weighted by Gasteiger charge is 2.23. The van der Waals surface area contributed by atoms with Gasteiger partial charge >= 0.3 is 0 Å². The van der Waals surface area contributed by atoms with E-state index in [1.807, 2.05) is 6.07 Å². The van der Waals surface area contributed by atoms with E-state index in [-0.39, 0.29) is 12.4 Å². The number of aromatic amines is 1. The summed E-state index contributed by atoms with van der Waals surface area (Å²) in [5, 5.41) is 5.80. The van der Waals surface area contributed by atoms with E-state index < -0.39 is 0 Å². The first-order valence-electron chi connectivity index (χ1n) is 7.88. The van der Waals surface area contributed by atoms with Crippen LogP contribution in [0, 0.1) is 0 Å². The van der Waals surface area contributed by atoms with Gasteiger partial charge in [0.2, 0.25) is 0 Å². The van der Waals surface area contributed by atoms with Crippen molar-refractivity contribution >= 4 is 34.9 Å². The molecule has 2 aromatic carbocycles. The molecule has 0 fully saturated rings. The van der Waals surface area contributed by atoms with Crippen molar-refractivity contribution in [2.24, 2.45) is 0 Å². The van der Waals surface area contributed by atoms with Crippen LogP contribution >= 0.6 is 24.0 Å². The number of rotatable bonds is 3. The lowest BCUT2D eigenvalue weighted by atomic mass is 9.91. The van der Waals surface area contributed by atoms with Gasteiger partial charge in [0.05, 0.1) is 0 Å². The standard InChI is InChI=1S/C19H19ClN2.ClH/c20-14-9-10-17-16(11-14)15-7-4-8-18(19(15)22-17)21-12-13-5-2-1-3-6-13;/h1-3,5-6,9-11,18,21-22H,4,7-8,12H2;1H. The zero-order valence-electron chi connectivity index (χ0n) is 12.8. The average Bonchev–Trinajstić information content (AvgIpc) is 2.92. The monoisotopic (exact) mass is 346 g/mol. The van der Waals surface area contributed by atoms with E-state index in [0.29, 0.717) is 6.04 Å². The van der Waals surface area contributed by atoms with Gasteiger partial charge in [0, 0.05) is 34.2 Å². The van der Waals surface area contributed by atoms with E-state index in [2.05, 4.69) is 52.8 Å². The van der Waals surface area contributed by atoms with Crippen LogP contribution in [0.5, 0.6) is 0 Å². The molecule has 1 heterocycles. The number of fused-ring (bicyclic) bond motifs is 3. The molecule has 0 saturated carbocycles. The second-order valence-electron chi connectivity index (χ2n) is 6.02. The third-order valence-electron chi connectivity index (χ3n) is 4.56. The molecule has 0 spiro atoms. The summed E-state index contributed by atoms with van der Waals surface area (Å²) in [5.74, 6) is 0. The van der Waals surface area contributed by atoms with E-state index in [4.69, 9.17) is 11.6 Å². The molecule has 0 amide bonds. The van der Waals surface area contributed by atoms with Crippen molar-refractivity contribution in [1.29, 1.82) is 0 Å². The van der Waals surface area contributed by atoms with Gasteiger partial charge in [-0.25, -0.2) is 0 Å².